The molecule has 108 valence electrons. The Balaban J connectivity index is 2.67. The van der Waals surface area contributed by atoms with Gasteiger partial charge >= 0.3 is 0 Å². The monoisotopic (exact) mass is 284 g/mol. The van der Waals surface area contributed by atoms with Crippen molar-refractivity contribution in [3.8, 4) is 0 Å². The molecule has 5 heteroatoms. The van der Waals surface area contributed by atoms with E-state index in [1.54, 1.807) is 18.2 Å². The smallest absolute Gasteiger partial charge is 0.240 e. The first kappa shape index (κ1) is 16.1. The molecule has 0 aliphatic rings. The number of benzene rings is 1. The van der Waals surface area contributed by atoms with E-state index in [9.17, 15) is 8.42 Å². The minimum absolute atomic E-state index is 0.300. The molecule has 0 amide bonds. The summed E-state index contributed by atoms with van der Waals surface area (Å²) in [5, 5.41) is 0. The van der Waals surface area contributed by atoms with Crippen LogP contribution in [0.3, 0.4) is 0 Å². The summed E-state index contributed by atoms with van der Waals surface area (Å²) in [6.45, 7) is 4.90. The summed E-state index contributed by atoms with van der Waals surface area (Å²) in [6.07, 6.45) is 4.22. The Labute approximate surface area is 116 Å². The second-order valence-corrected chi connectivity index (χ2v) is 6.52. The molecule has 0 aliphatic heterocycles. The zero-order chi connectivity index (χ0) is 14.3. The van der Waals surface area contributed by atoms with Gasteiger partial charge in [-0.15, -0.1) is 0 Å². The molecule has 0 radical (unpaired) electrons. The van der Waals surface area contributed by atoms with Gasteiger partial charge in [0.2, 0.25) is 10.0 Å². The number of unbranched alkanes of at least 4 members (excludes halogenated alkanes) is 3. The lowest BCUT2D eigenvalue weighted by atomic mass is 10.1. The van der Waals surface area contributed by atoms with Gasteiger partial charge in [-0.25, -0.2) is 13.1 Å². The standard InChI is InChI=1S/C14H24N2O2S/c1-3-4-5-6-9-16-19(17,18)14-8-7-12(2)13(10-14)11-15/h7-8,10,16H,3-6,9,11,15H2,1-2H3. The van der Waals surface area contributed by atoms with E-state index in [2.05, 4.69) is 11.6 Å². The highest BCUT2D eigenvalue weighted by atomic mass is 32.2. The number of nitrogens with two attached hydrogens (primary N) is 1. The Bertz CT molecular complexity index is 498. The molecule has 0 bridgehead atoms. The fourth-order valence-electron chi connectivity index (χ4n) is 1.88. The quantitative estimate of drug-likeness (QED) is 0.720. The lowest BCUT2D eigenvalue weighted by molar-refractivity contribution is 0.573. The summed E-state index contributed by atoms with van der Waals surface area (Å²) in [5.74, 6) is 0. The van der Waals surface area contributed by atoms with Crippen molar-refractivity contribution in [1.29, 1.82) is 0 Å². The van der Waals surface area contributed by atoms with Crippen molar-refractivity contribution in [3.05, 3.63) is 29.3 Å². The van der Waals surface area contributed by atoms with Gasteiger partial charge in [0, 0.05) is 13.1 Å². The fraction of sp³-hybridized carbons (Fsp3) is 0.571. The summed E-state index contributed by atoms with van der Waals surface area (Å²) in [4.78, 5) is 0.300. The molecule has 0 fully saturated rings. The molecule has 0 atom stereocenters. The van der Waals surface area contributed by atoms with Gasteiger partial charge in [-0.3, -0.25) is 0 Å². The van der Waals surface area contributed by atoms with Crippen LogP contribution in [0.25, 0.3) is 0 Å². The van der Waals surface area contributed by atoms with Crippen LogP contribution in [0.15, 0.2) is 23.1 Å². The molecular weight excluding hydrogens is 260 g/mol. The molecule has 0 saturated heterocycles. The van der Waals surface area contributed by atoms with E-state index in [1.807, 2.05) is 6.92 Å². The number of hydrogen-bond donors (Lipinski definition) is 2. The van der Waals surface area contributed by atoms with Gasteiger partial charge in [0.25, 0.3) is 0 Å². The average molecular weight is 284 g/mol. The number of rotatable bonds is 8. The molecule has 0 aliphatic carbocycles. The third-order valence-corrected chi connectivity index (χ3v) is 4.63. The Morgan fingerprint density at radius 2 is 1.95 bits per heavy atom. The van der Waals surface area contributed by atoms with Gasteiger partial charge in [0.15, 0.2) is 0 Å². The Hall–Kier alpha value is -0.910. The first-order valence-corrected chi connectivity index (χ1v) is 8.29. The van der Waals surface area contributed by atoms with Gasteiger partial charge in [0.1, 0.15) is 0 Å². The van der Waals surface area contributed by atoms with E-state index in [-0.39, 0.29) is 0 Å². The van der Waals surface area contributed by atoms with E-state index < -0.39 is 10.0 Å². The maximum atomic E-state index is 12.1. The van der Waals surface area contributed by atoms with E-state index in [0.717, 1.165) is 36.8 Å². The Morgan fingerprint density at radius 3 is 2.58 bits per heavy atom. The van der Waals surface area contributed by atoms with Crippen LogP contribution >= 0.6 is 0 Å². The second-order valence-electron chi connectivity index (χ2n) is 4.75. The molecule has 0 aromatic heterocycles. The van der Waals surface area contributed by atoms with Crippen LogP contribution in [0.2, 0.25) is 0 Å². The minimum atomic E-state index is -3.40. The van der Waals surface area contributed by atoms with Gasteiger partial charge in [-0.05, 0) is 36.6 Å². The number of sulfonamides is 1. The fourth-order valence-corrected chi connectivity index (χ4v) is 3.00. The topological polar surface area (TPSA) is 72.2 Å². The van der Waals surface area contributed by atoms with E-state index in [0.29, 0.717) is 18.0 Å². The van der Waals surface area contributed by atoms with Crippen LogP contribution < -0.4 is 10.5 Å². The maximum Gasteiger partial charge on any atom is 0.240 e. The van der Waals surface area contributed by atoms with Crippen molar-refractivity contribution < 1.29 is 8.42 Å². The van der Waals surface area contributed by atoms with Crippen molar-refractivity contribution in [2.45, 2.75) is 51.0 Å². The van der Waals surface area contributed by atoms with Gasteiger partial charge in [0.05, 0.1) is 4.90 Å². The predicted molar refractivity (Wildman–Crippen MR) is 78.4 cm³/mol. The summed E-state index contributed by atoms with van der Waals surface area (Å²) in [6, 6.07) is 5.08. The first-order chi connectivity index (χ1) is 9.01. The summed E-state index contributed by atoms with van der Waals surface area (Å²) < 4.78 is 26.8. The highest BCUT2D eigenvalue weighted by Gasteiger charge is 2.14. The van der Waals surface area contributed by atoms with Gasteiger partial charge in [-0.2, -0.15) is 0 Å². The number of nitrogens with one attached hydrogen (secondary N) is 1. The van der Waals surface area contributed by atoms with Crippen LogP contribution in [0.1, 0.15) is 43.7 Å². The lowest BCUT2D eigenvalue weighted by Crippen LogP contribution is -2.25. The van der Waals surface area contributed by atoms with Crippen molar-refractivity contribution >= 4 is 10.0 Å². The highest BCUT2D eigenvalue weighted by molar-refractivity contribution is 7.89. The van der Waals surface area contributed by atoms with Crippen molar-refractivity contribution in [2.24, 2.45) is 5.73 Å². The molecule has 0 heterocycles. The van der Waals surface area contributed by atoms with Crippen LogP contribution in [-0.2, 0) is 16.6 Å². The van der Waals surface area contributed by atoms with Crippen LogP contribution in [0, 0.1) is 6.92 Å². The lowest BCUT2D eigenvalue weighted by Gasteiger charge is -2.09. The molecule has 3 N–H and O–H groups in total. The summed E-state index contributed by atoms with van der Waals surface area (Å²) >= 11 is 0. The number of aryl methyl sites for hydroxylation is 1. The largest absolute Gasteiger partial charge is 0.326 e. The Morgan fingerprint density at radius 1 is 1.21 bits per heavy atom. The van der Waals surface area contributed by atoms with Gasteiger partial charge < -0.3 is 5.73 Å². The third kappa shape index (κ3) is 4.93. The zero-order valence-corrected chi connectivity index (χ0v) is 12.6. The predicted octanol–water partition coefficient (Wildman–Crippen LogP) is 2.31. The van der Waals surface area contributed by atoms with Crippen molar-refractivity contribution in [2.75, 3.05) is 6.54 Å². The SMILES string of the molecule is CCCCCCNS(=O)(=O)c1ccc(C)c(CN)c1. The maximum absolute atomic E-state index is 12.1. The summed E-state index contributed by atoms with van der Waals surface area (Å²) in [5.41, 5.74) is 7.49. The van der Waals surface area contributed by atoms with E-state index >= 15 is 0 Å². The molecule has 0 saturated carbocycles. The third-order valence-electron chi connectivity index (χ3n) is 3.17. The van der Waals surface area contributed by atoms with E-state index in [4.69, 9.17) is 5.73 Å². The first-order valence-electron chi connectivity index (χ1n) is 6.80. The molecule has 19 heavy (non-hydrogen) atoms. The summed E-state index contributed by atoms with van der Waals surface area (Å²) in [7, 11) is -3.40. The van der Waals surface area contributed by atoms with Crippen molar-refractivity contribution in [1.82, 2.24) is 4.72 Å². The molecule has 0 unspecified atom stereocenters. The molecular formula is C14H24N2O2S. The second kappa shape index (κ2) is 7.62. The molecule has 0 spiro atoms. The zero-order valence-electron chi connectivity index (χ0n) is 11.8. The van der Waals surface area contributed by atoms with Crippen LogP contribution in [-0.4, -0.2) is 15.0 Å². The molecule has 1 aromatic rings. The molecule has 1 aromatic carbocycles. The average Bonchev–Trinajstić information content (AvgIpc) is 2.38. The minimum Gasteiger partial charge on any atom is -0.326 e. The normalized spacial score (nSPS) is 11.7. The van der Waals surface area contributed by atoms with Crippen molar-refractivity contribution in [3.63, 3.8) is 0 Å². The van der Waals surface area contributed by atoms with E-state index in [1.165, 1.54) is 0 Å². The Kier molecular flexibility index (Phi) is 6.48. The molecule has 1 rings (SSSR count). The van der Waals surface area contributed by atoms with Crippen LogP contribution in [0.4, 0.5) is 0 Å². The van der Waals surface area contributed by atoms with Crippen LogP contribution in [0.5, 0.6) is 0 Å². The molecule has 4 nitrogen and oxygen atoms in total. The van der Waals surface area contributed by atoms with Gasteiger partial charge in [-0.1, -0.05) is 32.3 Å². The highest BCUT2D eigenvalue weighted by Crippen LogP contribution is 2.15. The number of hydrogen-bond acceptors (Lipinski definition) is 3.